The summed E-state index contributed by atoms with van der Waals surface area (Å²) in [7, 11) is 0. The highest BCUT2D eigenvalue weighted by molar-refractivity contribution is 4.88. The van der Waals surface area contributed by atoms with E-state index in [1.807, 2.05) is 0 Å². The normalized spacial score (nSPS) is 40.9. The maximum absolute atomic E-state index is 13.3. The van der Waals surface area contributed by atoms with E-state index in [-0.39, 0.29) is 18.9 Å². The first-order valence-electron chi connectivity index (χ1n) is 5.09. The topological polar surface area (TPSA) is 20.2 Å². The summed E-state index contributed by atoms with van der Waals surface area (Å²) >= 11 is 0. The molecule has 1 nitrogen and oxygen atoms in total. The summed E-state index contributed by atoms with van der Waals surface area (Å²) in [6, 6.07) is 0. The fourth-order valence-corrected chi connectivity index (χ4v) is 1.99. The van der Waals surface area contributed by atoms with Crippen molar-refractivity contribution in [1.29, 1.82) is 0 Å². The Morgan fingerprint density at radius 2 is 1.86 bits per heavy atom. The number of aliphatic hydroxyl groups is 1. The Morgan fingerprint density at radius 1 is 1.21 bits per heavy atom. The van der Waals surface area contributed by atoms with Gasteiger partial charge in [-0.25, -0.2) is 13.2 Å². The number of alkyl halides is 3. The Bertz CT molecular complexity index is 177. The van der Waals surface area contributed by atoms with Crippen molar-refractivity contribution < 1.29 is 18.3 Å². The van der Waals surface area contributed by atoms with Gasteiger partial charge in [-0.1, -0.05) is 6.92 Å². The summed E-state index contributed by atoms with van der Waals surface area (Å²) in [5.41, 5.74) is 0. The van der Waals surface area contributed by atoms with E-state index in [2.05, 4.69) is 0 Å². The van der Waals surface area contributed by atoms with Crippen LogP contribution in [-0.4, -0.2) is 30.2 Å². The van der Waals surface area contributed by atoms with Gasteiger partial charge in [-0.3, -0.25) is 0 Å². The van der Waals surface area contributed by atoms with Crippen LogP contribution in [0, 0.1) is 11.8 Å². The minimum atomic E-state index is -1.97. The molecule has 1 fully saturated rings. The van der Waals surface area contributed by atoms with E-state index in [0.717, 1.165) is 0 Å². The number of rotatable bonds is 3. The number of hydrogen-bond acceptors (Lipinski definition) is 1. The molecule has 1 aliphatic rings. The molecule has 84 valence electrons. The zero-order valence-electron chi connectivity index (χ0n) is 8.30. The largest absolute Gasteiger partial charge is 0.396 e. The third kappa shape index (κ3) is 2.62. The molecule has 0 amide bonds. The summed E-state index contributed by atoms with van der Waals surface area (Å²) in [6.07, 6.45) is -4.40. The van der Waals surface area contributed by atoms with Crippen LogP contribution in [0.5, 0.6) is 0 Å². The second-order valence-electron chi connectivity index (χ2n) is 4.27. The van der Waals surface area contributed by atoms with Crippen LogP contribution in [0.4, 0.5) is 13.2 Å². The summed E-state index contributed by atoms with van der Waals surface area (Å²) in [4.78, 5) is 0. The third-order valence-electron chi connectivity index (χ3n) is 2.93. The van der Waals surface area contributed by atoms with Gasteiger partial charge in [-0.05, 0) is 31.1 Å². The van der Waals surface area contributed by atoms with Crippen molar-refractivity contribution >= 4 is 0 Å². The molecule has 1 N–H and O–H groups in total. The Kier molecular flexibility index (Phi) is 4.23. The molecular formula is C10H17F3O. The molecular weight excluding hydrogens is 193 g/mol. The van der Waals surface area contributed by atoms with Crippen LogP contribution >= 0.6 is 0 Å². The van der Waals surface area contributed by atoms with Gasteiger partial charge in [0.2, 0.25) is 0 Å². The van der Waals surface area contributed by atoms with E-state index in [1.54, 1.807) is 6.92 Å². The molecule has 0 spiro atoms. The SMILES string of the molecule is CC(CO)CC1CCC(F)C(F)C1F. The van der Waals surface area contributed by atoms with Gasteiger partial charge < -0.3 is 5.11 Å². The lowest BCUT2D eigenvalue weighted by Crippen LogP contribution is -2.40. The second-order valence-corrected chi connectivity index (χ2v) is 4.27. The zero-order valence-corrected chi connectivity index (χ0v) is 8.30. The minimum Gasteiger partial charge on any atom is -0.396 e. The highest BCUT2D eigenvalue weighted by Gasteiger charge is 2.40. The predicted molar refractivity (Wildman–Crippen MR) is 48.3 cm³/mol. The lowest BCUT2D eigenvalue weighted by atomic mass is 9.80. The Labute approximate surface area is 82.3 Å². The van der Waals surface area contributed by atoms with E-state index in [4.69, 9.17) is 5.11 Å². The molecule has 0 aromatic rings. The van der Waals surface area contributed by atoms with Gasteiger partial charge in [-0.15, -0.1) is 0 Å². The predicted octanol–water partition coefficient (Wildman–Crippen LogP) is 2.43. The molecule has 1 aliphatic carbocycles. The third-order valence-corrected chi connectivity index (χ3v) is 2.93. The van der Waals surface area contributed by atoms with E-state index in [9.17, 15) is 13.2 Å². The summed E-state index contributed by atoms with van der Waals surface area (Å²) in [5.74, 6) is -0.472. The first-order valence-corrected chi connectivity index (χ1v) is 5.09. The highest BCUT2D eigenvalue weighted by atomic mass is 19.2. The van der Waals surface area contributed by atoms with E-state index in [1.165, 1.54) is 0 Å². The van der Waals surface area contributed by atoms with Crippen LogP contribution in [-0.2, 0) is 0 Å². The lowest BCUT2D eigenvalue weighted by Gasteiger charge is -2.32. The molecule has 5 unspecified atom stereocenters. The average molecular weight is 210 g/mol. The quantitative estimate of drug-likeness (QED) is 0.758. The Hall–Kier alpha value is -0.250. The van der Waals surface area contributed by atoms with Gasteiger partial charge in [0.1, 0.15) is 12.3 Å². The molecule has 0 radical (unpaired) electrons. The van der Waals surface area contributed by atoms with Crippen molar-refractivity contribution in [3.05, 3.63) is 0 Å². The first-order chi connectivity index (χ1) is 6.56. The van der Waals surface area contributed by atoms with Gasteiger partial charge in [-0.2, -0.15) is 0 Å². The second kappa shape index (κ2) is 5.01. The van der Waals surface area contributed by atoms with Crippen molar-refractivity contribution in [3.8, 4) is 0 Å². The fourth-order valence-electron chi connectivity index (χ4n) is 1.99. The Morgan fingerprint density at radius 3 is 2.43 bits per heavy atom. The van der Waals surface area contributed by atoms with Crippen LogP contribution in [0.1, 0.15) is 26.2 Å². The molecule has 0 bridgehead atoms. The summed E-state index contributed by atoms with van der Waals surface area (Å²) in [5, 5.41) is 8.78. The molecule has 0 heterocycles. The van der Waals surface area contributed by atoms with Crippen LogP contribution in [0.3, 0.4) is 0 Å². The molecule has 0 aromatic heterocycles. The van der Waals surface area contributed by atoms with Crippen molar-refractivity contribution in [3.63, 3.8) is 0 Å². The smallest absolute Gasteiger partial charge is 0.162 e. The molecule has 0 saturated heterocycles. The van der Waals surface area contributed by atoms with E-state index in [0.29, 0.717) is 12.8 Å². The summed E-state index contributed by atoms with van der Waals surface area (Å²) in [6.45, 7) is 1.75. The molecule has 14 heavy (non-hydrogen) atoms. The first kappa shape index (κ1) is 11.8. The standard InChI is InChI=1S/C10H17F3O/c1-6(5-14)4-7-2-3-8(11)10(13)9(7)12/h6-10,14H,2-5H2,1H3. The van der Waals surface area contributed by atoms with Gasteiger partial charge in [0.05, 0.1) is 0 Å². The number of hydrogen-bond donors (Lipinski definition) is 1. The van der Waals surface area contributed by atoms with E-state index >= 15 is 0 Å². The maximum atomic E-state index is 13.3. The van der Waals surface area contributed by atoms with Gasteiger partial charge >= 0.3 is 0 Å². The van der Waals surface area contributed by atoms with Crippen LogP contribution in [0.15, 0.2) is 0 Å². The van der Waals surface area contributed by atoms with Gasteiger partial charge in [0.15, 0.2) is 6.17 Å². The molecule has 1 saturated carbocycles. The maximum Gasteiger partial charge on any atom is 0.162 e. The van der Waals surface area contributed by atoms with Gasteiger partial charge in [0, 0.05) is 6.61 Å². The van der Waals surface area contributed by atoms with E-state index < -0.39 is 24.4 Å². The van der Waals surface area contributed by atoms with Crippen LogP contribution in [0.25, 0.3) is 0 Å². The fraction of sp³-hybridized carbons (Fsp3) is 1.00. The van der Waals surface area contributed by atoms with Crippen molar-refractivity contribution in [2.45, 2.75) is 44.7 Å². The zero-order chi connectivity index (χ0) is 10.7. The summed E-state index contributed by atoms with van der Waals surface area (Å²) < 4.78 is 39.0. The van der Waals surface area contributed by atoms with Crippen LogP contribution < -0.4 is 0 Å². The number of halogens is 3. The molecule has 4 heteroatoms. The lowest BCUT2D eigenvalue weighted by molar-refractivity contribution is -0.00361. The van der Waals surface area contributed by atoms with Crippen molar-refractivity contribution in [1.82, 2.24) is 0 Å². The monoisotopic (exact) mass is 210 g/mol. The average Bonchev–Trinajstić information content (AvgIpc) is 2.19. The van der Waals surface area contributed by atoms with Gasteiger partial charge in [0.25, 0.3) is 0 Å². The molecule has 5 atom stereocenters. The molecule has 0 aromatic carbocycles. The number of aliphatic hydroxyl groups excluding tert-OH is 1. The molecule has 1 rings (SSSR count). The highest BCUT2D eigenvalue weighted by Crippen LogP contribution is 2.35. The van der Waals surface area contributed by atoms with Crippen LogP contribution in [0.2, 0.25) is 0 Å². The van der Waals surface area contributed by atoms with Crippen molar-refractivity contribution in [2.75, 3.05) is 6.61 Å². The minimum absolute atomic E-state index is 0.0285. The Balaban J connectivity index is 2.46. The van der Waals surface area contributed by atoms with Crippen molar-refractivity contribution in [2.24, 2.45) is 11.8 Å². The molecule has 0 aliphatic heterocycles.